The van der Waals surface area contributed by atoms with Crippen molar-refractivity contribution in [2.24, 2.45) is 0 Å². The molecule has 3 rings (SSSR count). The molecule has 0 saturated heterocycles. The van der Waals surface area contributed by atoms with Crippen molar-refractivity contribution < 1.29 is 23.2 Å². The van der Waals surface area contributed by atoms with E-state index in [9.17, 15) is 13.2 Å². The largest absolute Gasteiger partial charge is 0.497 e. The van der Waals surface area contributed by atoms with E-state index in [1.807, 2.05) is 24.3 Å². The normalized spacial score (nSPS) is 15.4. The Bertz CT molecular complexity index is 869. The Kier molecular flexibility index (Phi) is 4.51. The maximum absolute atomic E-state index is 12.8. The van der Waals surface area contributed by atoms with Crippen LogP contribution in [0.25, 0.3) is 0 Å². The lowest BCUT2D eigenvalue weighted by atomic mass is 9.96. The number of carbonyl (C=O) groups is 1. The van der Waals surface area contributed by atoms with E-state index in [-0.39, 0.29) is 17.7 Å². The van der Waals surface area contributed by atoms with Crippen LogP contribution < -0.4 is 14.9 Å². The minimum absolute atomic E-state index is 0.00868. The maximum Gasteiger partial charge on any atom is 0.265 e. The van der Waals surface area contributed by atoms with Gasteiger partial charge in [-0.2, -0.15) is 4.72 Å². The van der Waals surface area contributed by atoms with E-state index in [2.05, 4.69) is 4.72 Å². The molecule has 1 aliphatic carbocycles. The van der Waals surface area contributed by atoms with Crippen LogP contribution in [0.5, 0.6) is 5.75 Å². The molecule has 0 aliphatic heterocycles. The molecule has 8 heteroatoms. The first-order valence-corrected chi connectivity index (χ1v) is 9.08. The molecule has 2 aromatic rings. The number of methoxy groups -OCH3 is 1. The third-order valence-electron chi connectivity index (χ3n) is 4.34. The van der Waals surface area contributed by atoms with Gasteiger partial charge in [0.05, 0.1) is 12.0 Å². The highest BCUT2D eigenvalue weighted by molar-refractivity contribution is 7.89. The van der Waals surface area contributed by atoms with Gasteiger partial charge in [0.25, 0.3) is 5.91 Å². The number of benzene rings is 2. The van der Waals surface area contributed by atoms with Gasteiger partial charge in [0.2, 0.25) is 10.0 Å². The third kappa shape index (κ3) is 3.23. The van der Waals surface area contributed by atoms with Gasteiger partial charge in [0, 0.05) is 12.8 Å². The zero-order valence-electron chi connectivity index (χ0n) is 13.5. The van der Waals surface area contributed by atoms with E-state index < -0.39 is 21.5 Å². The number of hydrogen-bond donors (Lipinski definition) is 3. The summed E-state index contributed by atoms with van der Waals surface area (Å²) >= 11 is 0. The summed E-state index contributed by atoms with van der Waals surface area (Å²) in [5.41, 5.74) is 1.84. The van der Waals surface area contributed by atoms with Crippen molar-refractivity contribution in [1.29, 1.82) is 0 Å². The highest BCUT2D eigenvalue weighted by Crippen LogP contribution is 2.32. The molecule has 132 valence electrons. The van der Waals surface area contributed by atoms with Crippen molar-refractivity contribution in [2.75, 3.05) is 7.11 Å². The van der Waals surface area contributed by atoms with Crippen molar-refractivity contribution in [3.05, 3.63) is 59.7 Å². The fourth-order valence-electron chi connectivity index (χ4n) is 3.07. The van der Waals surface area contributed by atoms with Gasteiger partial charge in [-0.05, 0) is 35.4 Å². The average Bonchev–Trinajstić information content (AvgIpc) is 2.99. The van der Waals surface area contributed by atoms with Crippen LogP contribution in [0.2, 0.25) is 0 Å². The number of sulfonamides is 1. The maximum atomic E-state index is 12.8. The summed E-state index contributed by atoms with van der Waals surface area (Å²) in [5.74, 6) is -0.268. The molecular weight excluding hydrogens is 344 g/mol. The van der Waals surface area contributed by atoms with Crippen LogP contribution in [-0.2, 0) is 27.7 Å². The molecule has 0 saturated carbocycles. The second kappa shape index (κ2) is 6.47. The van der Waals surface area contributed by atoms with Gasteiger partial charge in [-0.3, -0.25) is 10.0 Å². The summed E-state index contributed by atoms with van der Waals surface area (Å²) in [6.45, 7) is 0. The third-order valence-corrected chi connectivity index (χ3v) is 5.89. The molecule has 1 aliphatic rings. The number of carbonyl (C=O) groups excluding carboxylic acids is 1. The number of amides is 1. The van der Waals surface area contributed by atoms with Gasteiger partial charge in [-0.15, -0.1) is 0 Å². The zero-order valence-corrected chi connectivity index (χ0v) is 14.3. The SMILES string of the molecule is COc1ccc(S(=O)(=O)NC2(C(=O)NO)Cc3ccccc3C2)cc1. The van der Waals surface area contributed by atoms with Crippen LogP contribution in [0, 0.1) is 0 Å². The minimum Gasteiger partial charge on any atom is -0.497 e. The lowest BCUT2D eigenvalue weighted by Crippen LogP contribution is -2.59. The Balaban J connectivity index is 1.95. The van der Waals surface area contributed by atoms with E-state index in [1.165, 1.54) is 31.4 Å². The second-order valence-corrected chi connectivity index (χ2v) is 7.61. The molecule has 0 aromatic heterocycles. The molecule has 0 unspecified atom stereocenters. The number of nitrogens with one attached hydrogen (secondary N) is 2. The summed E-state index contributed by atoms with van der Waals surface area (Å²) in [4.78, 5) is 12.3. The number of ether oxygens (including phenoxy) is 1. The predicted molar refractivity (Wildman–Crippen MR) is 89.8 cm³/mol. The summed E-state index contributed by atoms with van der Waals surface area (Å²) in [7, 11) is -2.49. The Labute approximate surface area is 145 Å². The molecule has 0 radical (unpaired) electrons. The summed E-state index contributed by atoms with van der Waals surface area (Å²) in [5, 5.41) is 9.12. The fourth-order valence-corrected chi connectivity index (χ4v) is 4.44. The van der Waals surface area contributed by atoms with Crippen LogP contribution >= 0.6 is 0 Å². The zero-order chi connectivity index (χ0) is 18.1. The monoisotopic (exact) mass is 362 g/mol. The molecule has 25 heavy (non-hydrogen) atoms. The first-order chi connectivity index (χ1) is 11.9. The molecule has 2 aromatic carbocycles. The molecule has 0 spiro atoms. The molecule has 1 amide bonds. The predicted octanol–water partition coefficient (Wildman–Crippen LogP) is 1.02. The molecule has 3 N–H and O–H groups in total. The van der Waals surface area contributed by atoms with Crippen LogP contribution in [0.4, 0.5) is 0 Å². The van der Waals surface area contributed by atoms with Gasteiger partial charge < -0.3 is 4.74 Å². The molecule has 0 bridgehead atoms. The first kappa shape index (κ1) is 17.4. The van der Waals surface area contributed by atoms with Crippen LogP contribution in [0.3, 0.4) is 0 Å². The van der Waals surface area contributed by atoms with Gasteiger partial charge in [-0.1, -0.05) is 24.3 Å². The van der Waals surface area contributed by atoms with Gasteiger partial charge in [0.1, 0.15) is 11.3 Å². The Morgan fingerprint density at radius 2 is 1.64 bits per heavy atom. The molecule has 0 atom stereocenters. The van der Waals surface area contributed by atoms with Crippen molar-refractivity contribution in [1.82, 2.24) is 10.2 Å². The van der Waals surface area contributed by atoms with Crippen molar-refractivity contribution >= 4 is 15.9 Å². The quantitative estimate of drug-likeness (QED) is 0.544. The van der Waals surface area contributed by atoms with Crippen molar-refractivity contribution in [3.8, 4) is 5.75 Å². The lowest BCUT2D eigenvalue weighted by Gasteiger charge is -2.27. The highest BCUT2D eigenvalue weighted by Gasteiger charge is 2.46. The van der Waals surface area contributed by atoms with E-state index in [4.69, 9.17) is 9.94 Å². The van der Waals surface area contributed by atoms with E-state index in [1.54, 1.807) is 5.48 Å². The topological polar surface area (TPSA) is 105 Å². The minimum atomic E-state index is -3.98. The highest BCUT2D eigenvalue weighted by atomic mass is 32.2. The molecule has 0 heterocycles. The summed E-state index contributed by atoms with van der Waals surface area (Å²) in [6.07, 6.45) is 0.315. The van der Waals surface area contributed by atoms with Gasteiger partial charge in [-0.25, -0.2) is 13.9 Å². The van der Waals surface area contributed by atoms with Crippen molar-refractivity contribution in [2.45, 2.75) is 23.3 Å². The van der Waals surface area contributed by atoms with E-state index in [0.29, 0.717) is 5.75 Å². The molecular formula is C17H18N2O5S. The Hall–Kier alpha value is -2.42. The van der Waals surface area contributed by atoms with Gasteiger partial charge >= 0.3 is 0 Å². The van der Waals surface area contributed by atoms with Crippen LogP contribution in [-0.4, -0.2) is 32.2 Å². The van der Waals surface area contributed by atoms with E-state index in [0.717, 1.165) is 11.1 Å². The second-order valence-electron chi connectivity index (χ2n) is 5.93. The number of hydroxylamine groups is 1. The summed E-state index contributed by atoms with van der Waals surface area (Å²) < 4.78 is 33.0. The molecule has 0 fully saturated rings. The Morgan fingerprint density at radius 1 is 1.08 bits per heavy atom. The van der Waals surface area contributed by atoms with Gasteiger partial charge in [0.15, 0.2) is 0 Å². The smallest absolute Gasteiger partial charge is 0.265 e. The fraction of sp³-hybridized carbons (Fsp3) is 0.235. The number of fused-ring (bicyclic) bond motifs is 1. The Morgan fingerprint density at radius 3 is 2.12 bits per heavy atom. The van der Waals surface area contributed by atoms with Crippen molar-refractivity contribution in [3.63, 3.8) is 0 Å². The first-order valence-electron chi connectivity index (χ1n) is 7.59. The lowest BCUT2D eigenvalue weighted by molar-refractivity contribution is -0.135. The van der Waals surface area contributed by atoms with Crippen LogP contribution in [0.15, 0.2) is 53.4 Å². The van der Waals surface area contributed by atoms with E-state index >= 15 is 0 Å². The molecule has 7 nitrogen and oxygen atoms in total. The summed E-state index contributed by atoms with van der Waals surface area (Å²) in [6, 6.07) is 13.2. The van der Waals surface area contributed by atoms with Crippen LogP contribution in [0.1, 0.15) is 11.1 Å². The standard InChI is InChI=1S/C17H18N2O5S/c1-24-14-6-8-15(9-7-14)25(22,23)19-17(16(20)18-21)10-12-4-2-3-5-13(12)11-17/h2-9,19,21H,10-11H2,1H3,(H,18,20). The number of rotatable bonds is 5. The average molecular weight is 362 g/mol. The number of hydrogen-bond acceptors (Lipinski definition) is 5.